The predicted molar refractivity (Wildman–Crippen MR) is 164 cm³/mol. The maximum absolute atomic E-state index is 12.4. The molecule has 0 aromatic carbocycles. The van der Waals surface area contributed by atoms with Gasteiger partial charge in [0.2, 0.25) is 16.9 Å². The van der Waals surface area contributed by atoms with Gasteiger partial charge in [0.25, 0.3) is 15.6 Å². The Bertz CT molecular complexity index is 1730. The zero-order valence-corrected chi connectivity index (χ0v) is 30.5. The van der Waals surface area contributed by atoms with E-state index in [2.05, 4.69) is 43.5 Å². The van der Waals surface area contributed by atoms with Gasteiger partial charge in [0.05, 0.1) is 27.4 Å². The van der Waals surface area contributed by atoms with Crippen LogP contribution in [-0.4, -0.2) is 110 Å². The molecule has 6 N–H and O–H groups in total. The monoisotopic (exact) mass is 823 g/mol. The molecule has 2 aromatic heterocycles. The number of nitrogens with one attached hydrogen (secondary N) is 2. The van der Waals surface area contributed by atoms with Crippen LogP contribution in [0.5, 0.6) is 0 Å². The van der Waals surface area contributed by atoms with Gasteiger partial charge in [0, 0.05) is 30.7 Å². The van der Waals surface area contributed by atoms with E-state index in [9.17, 15) is 62.3 Å². The summed E-state index contributed by atoms with van der Waals surface area (Å²) in [5.41, 5.74) is 4.01. The summed E-state index contributed by atoms with van der Waals surface area (Å²) in [6, 6.07) is 0. The van der Waals surface area contributed by atoms with Gasteiger partial charge in [-0.25, -0.2) is 23.7 Å². The first-order chi connectivity index (χ1) is 24.1. The van der Waals surface area contributed by atoms with Gasteiger partial charge in [-0.3, -0.25) is 28.1 Å². The second-order valence-electron chi connectivity index (χ2n) is 11.3. The van der Waals surface area contributed by atoms with Crippen LogP contribution in [0.25, 0.3) is 11.2 Å². The van der Waals surface area contributed by atoms with Crippen molar-refractivity contribution in [2.24, 2.45) is 5.41 Å². The highest BCUT2D eigenvalue weighted by atomic mass is 32.2. The number of fused-ring (bicyclic) bond motifs is 1. The number of anilines is 1. The van der Waals surface area contributed by atoms with E-state index in [4.69, 9.17) is 10.5 Å². The number of nitrogens with zero attached hydrogens (tertiary/aromatic N) is 4. The summed E-state index contributed by atoms with van der Waals surface area (Å²) in [5.74, 6) is -1.56. The Hall–Kier alpha value is -2.51. The molecule has 0 saturated carbocycles. The van der Waals surface area contributed by atoms with Crippen molar-refractivity contribution >= 4 is 69.1 Å². The Kier molecular flexibility index (Phi) is 15.4. The van der Waals surface area contributed by atoms with Gasteiger partial charge in [-0.15, -0.1) is 0 Å². The SMILES string of the molecule is CC(C)(COP(=O)([O-])OP(=O)([O-])OC[C@H]1O[C@@H](n2cnc3c(N)ncnc32)[C@H](O)[C@@H]1OP(=O)([O-])[O-])[C@@H](O)C(=O)NCCC(=O)NCCSC(=O)CF. The van der Waals surface area contributed by atoms with Crippen LogP contribution in [0.4, 0.5) is 10.2 Å². The van der Waals surface area contributed by atoms with Crippen molar-refractivity contribution in [2.75, 3.05) is 44.5 Å². The molecule has 3 rings (SSSR count). The third-order valence-corrected chi connectivity index (χ3v) is 10.7. The number of imidazole rings is 1. The number of aliphatic hydroxyl groups is 2. The molecule has 2 aromatic rings. The first-order valence-corrected chi connectivity index (χ1v) is 20.0. The lowest BCUT2D eigenvalue weighted by Gasteiger charge is -2.36. The molecule has 1 fully saturated rings. The second kappa shape index (κ2) is 18.2. The number of aromatic nitrogens is 4. The van der Waals surface area contributed by atoms with E-state index in [0.29, 0.717) is 11.8 Å². The molecule has 294 valence electrons. The van der Waals surface area contributed by atoms with Gasteiger partial charge in [0.1, 0.15) is 36.3 Å². The van der Waals surface area contributed by atoms with Crippen molar-refractivity contribution in [3.8, 4) is 0 Å². The Morgan fingerprint density at radius 1 is 1.12 bits per heavy atom. The standard InChI is InChI=1S/C23H37FN7O17P3S/c1-23(2,18(35)21(36)27-4-3-13(32)26-5-6-52-14(33)7-24)9-45-51(42,43)48-50(40,41)44-8-12-17(47-49(37,38)39)16(34)22(46-12)31-11-30-15-19(25)28-10-29-20(15)31/h10-12,16-18,22,34-35H,3-9H2,1-2H3,(H,26,32)(H,27,36)(H,40,41)(H,42,43)(H2,25,28,29)(H2,37,38,39)/p-4/t12-,16-,17-,18+,22-/m1/s1. The molecule has 0 aliphatic carbocycles. The van der Waals surface area contributed by atoms with E-state index < -0.39 is 96.3 Å². The summed E-state index contributed by atoms with van der Waals surface area (Å²) in [5, 5.41) is 25.1. The lowest BCUT2D eigenvalue weighted by Crippen LogP contribution is -2.46. The Morgan fingerprint density at radius 3 is 2.44 bits per heavy atom. The van der Waals surface area contributed by atoms with E-state index >= 15 is 0 Å². The molecule has 0 bridgehead atoms. The first kappa shape index (κ1) is 43.9. The average Bonchev–Trinajstić information content (AvgIpc) is 3.60. The molecule has 1 saturated heterocycles. The molecule has 29 heteroatoms. The Morgan fingerprint density at radius 2 is 1.79 bits per heavy atom. The summed E-state index contributed by atoms with van der Waals surface area (Å²) in [6.45, 7) is -1.34. The van der Waals surface area contributed by atoms with E-state index in [-0.39, 0.29) is 42.2 Å². The number of carbonyl (C=O) groups is 3. The smallest absolute Gasteiger partial charge is 0.274 e. The number of ether oxygens (including phenoxy) is 1. The van der Waals surface area contributed by atoms with E-state index in [0.717, 1.165) is 17.2 Å². The summed E-state index contributed by atoms with van der Waals surface area (Å²) < 4.78 is 72.3. The topological polar surface area (TPSA) is 375 Å². The van der Waals surface area contributed by atoms with Gasteiger partial charge in [-0.05, 0) is 0 Å². The number of phosphoric acid groups is 3. The van der Waals surface area contributed by atoms with E-state index in [1.807, 2.05) is 0 Å². The molecule has 1 aliphatic heterocycles. The van der Waals surface area contributed by atoms with Crippen molar-refractivity contribution in [1.82, 2.24) is 30.2 Å². The molecular formula is C23H33FN7O17P3S-4. The van der Waals surface area contributed by atoms with Crippen LogP contribution in [-0.2, 0) is 50.7 Å². The van der Waals surface area contributed by atoms with Crippen LogP contribution in [0, 0.1) is 5.41 Å². The molecule has 2 amide bonds. The fourth-order valence-electron chi connectivity index (χ4n) is 4.31. The minimum Gasteiger partial charge on any atom is -0.790 e. The summed E-state index contributed by atoms with van der Waals surface area (Å²) in [4.78, 5) is 94.3. The number of hydrogen-bond donors (Lipinski definition) is 5. The highest BCUT2D eigenvalue weighted by Crippen LogP contribution is 2.56. The maximum Gasteiger partial charge on any atom is 0.274 e. The number of thioether (sulfide) groups is 1. The second-order valence-corrected chi connectivity index (χ2v) is 16.6. The predicted octanol–water partition coefficient (Wildman–Crippen LogP) is -3.89. The van der Waals surface area contributed by atoms with Crippen LogP contribution in [0.3, 0.4) is 0 Å². The summed E-state index contributed by atoms with van der Waals surface area (Å²) >= 11 is 0.684. The molecule has 7 atom stereocenters. The fourth-order valence-corrected chi connectivity index (χ4v) is 7.56. The molecule has 2 unspecified atom stereocenters. The zero-order valence-electron chi connectivity index (χ0n) is 27.0. The van der Waals surface area contributed by atoms with E-state index in [1.54, 1.807) is 0 Å². The number of hydrogen-bond acceptors (Lipinski definition) is 22. The highest BCUT2D eigenvalue weighted by molar-refractivity contribution is 8.13. The van der Waals surface area contributed by atoms with Crippen molar-refractivity contribution in [2.45, 2.75) is 50.9 Å². The Labute approximate surface area is 297 Å². The van der Waals surface area contributed by atoms with Gasteiger partial charge < -0.3 is 69.0 Å². The van der Waals surface area contributed by atoms with Gasteiger partial charge in [-0.1, -0.05) is 25.6 Å². The number of rotatable bonds is 20. The molecule has 1 aliphatic rings. The third kappa shape index (κ3) is 12.8. The number of nitrogen functional groups attached to an aromatic ring is 1. The minimum absolute atomic E-state index is 0.0294. The van der Waals surface area contributed by atoms with Gasteiger partial charge in [0.15, 0.2) is 24.4 Å². The molecule has 0 spiro atoms. The number of aliphatic hydroxyl groups excluding tert-OH is 2. The van der Waals surface area contributed by atoms with Gasteiger partial charge in [-0.2, -0.15) is 0 Å². The first-order valence-electron chi connectivity index (χ1n) is 14.6. The average molecular weight is 824 g/mol. The van der Waals surface area contributed by atoms with Crippen LogP contribution < -0.4 is 35.9 Å². The number of amides is 2. The number of carbonyl (C=O) groups excluding carboxylic acids is 3. The zero-order chi connectivity index (χ0) is 39.1. The maximum atomic E-state index is 12.4. The molecule has 52 heavy (non-hydrogen) atoms. The molecular weight excluding hydrogens is 790 g/mol. The molecule has 0 radical (unpaired) electrons. The normalized spacial score (nSPS) is 22.4. The van der Waals surface area contributed by atoms with Crippen molar-refractivity contribution in [3.05, 3.63) is 12.7 Å². The summed E-state index contributed by atoms with van der Waals surface area (Å²) in [6.07, 6.45) is -7.72. The van der Waals surface area contributed by atoms with Crippen LogP contribution >= 0.6 is 35.2 Å². The number of nitrogens with two attached hydrogens (primary N) is 1. The minimum atomic E-state index is -5.92. The van der Waals surface area contributed by atoms with Crippen LogP contribution in [0.1, 0.15) is 26.5 Å². The third-order valence-electron chi connectivity index (χ3n) is 6.85. The van der Waals surface area contributed by atoms with Crippen molar-refractivity contribution in [3.63, 3.8) is 0 Å². The highest BCUT2D eigenvalue weighted by Gasteiger charge is 2.47. The summed E-state index contributed by atoms with van der Waals surface area (Å²) in [7, 11) is -17.6. The number of phosphoric ester groups is 3. The van der Waals surface area contributed by atoms with Crippen LogP contribution in [0.2, 0.25) is 0 Å². The largest absolute Gasteiger partial charge is 0.790 e. The number of alkyl halides is 1. The Balaban J connectivity index is 1.54. The fraction of sp³-hybridized carbons (Fsp3) is 0.652. The lowest BCUT2D eigenvalue weighted by atomic mass is 9.87. The molecule has 24 nitrogen and oxygen atoms in total. The number of halogens is 1. The van der Waals surface area contributed by atoms with Crippen molar-refractivity contribution in [1.29, 1.82) is 0 Å². The quantitative estimate of drug-likeness (QED) is 0.0629. The van der Waals surface area contributed by atoms with Crippen molar-refractivity contribution < 1.29 is 84.9 Å². The van der Waals surface area contributed by atoms with Crippen LogP contribution in [0.15, 0.2) is 12.7 Å². The van der Waals surface area contributed by atoms with Gasteiger partial charge >= 0.3 is 0 Å². The lowest BCUT2D eigenvalue weighted by molar-refractivity contribution is -0.347. The van der Waals surface area contributed by atoms with E-state index in [1.165, 1.54) is 13.8 Å². The molecule has 3 heterocycles.